The van der Waals surface area contributed by atoms with E-state index in [1.54, 1.807) is 0 Å². The smallest absolute Gasteiger partial charge is 0.268 e. The fourth-order valence-electron chi connectivity index (χ4n) is 1.61. The second-order valence-corrected chi connectivity index (χ2v) is 2.86. The van der Waals surface area contributed by atoms with Crippen LogP contribution in [0.1, 0.15) is 12.8 Å². The second kappa shape index (κ2) is 1.45. The maximum absolute atomic E-state index is 12.4. The summed E-state index contributed by atoms with van der Waals surface area (Å²) in [5.41, 5.74) is 0. The van der Waals surface area contributed by atoms with Gasteiger partial charge in [0, 0.05) is 5.92 Å². The van der Waals surface area contributed by atoms with E-state index in [4.69, 9.17) is 0 Å². The molecule has 3 heteroatoms. The minimum Gasteiger partial charge on any atom is -0.308 e. The Bertz CT molecular complexity index is 121. The summed E-state index contributed by atoms with van der Waals surface area (Å²) >= 11 is 0. The van der Waals surface area contributed by atoms with E-state index in [2.05, 4.69) is 5.32 Å². The van der Waals surface area contributed by atoms with Crippen LogP contribution >= 0.6 is 0 Å². The maximum Gasteiger partial charge on any atom is 0.268 e. The van der Waals surface area contributed by atoms with Gasteiger partial charge in [0.2, 0.25) is 0 Å². The van der Waals surface area contributed by atoms with E-state index in [-0.39, 0.29) is 5.92 Å². The van der Waals surface area contributed by atoms with Crippen LogP contribution < -0.4 is 5.32 Å². The molecule has 0 aromatic carbocycles. The number of rotatable bonds is 0. The maximum atomic E-state index is 12.4. The molecular formula is C6H9F2N. The molecule has 0 radical (unpaired) electrons. The fourth-order valence-corrected chi connectivity index (χ4v) is 1.61. The molecule has 2 fully saturated rings. The summed E-state index contributed by atoms with van der Waals surface area (Å²) in [4.78, 5) is 0. The highest BCUT2D eigenvalue weighted by Crippen LogP contribution is 2.52. The number of alkyl halides is 2. The Morgan fingerprint density at radius 2 is 2.22 bits per heavy atom. The van der Waals surface area contributed by atoms with Crippen molar-refractivity contribution in [3.8, 4) is 0 Å². The predicted molar refractivity (Wildman–Crippen MR) is 29.5 cm³/mol. The van der Waals surface area contributed by atoms with Crippen molar-refractivity contribution in [1.29, 1.82) is 0 Å². The van der Waals surface area contributed by atoms with Crippen LogP contribution in [0.25, 0.3) is 0 Å². The van der Waals surface area contributed by atoms with Crippen LogP contribution in [-0.2, 0) is 0 Å². The molecule has 52 valence electrons. The molecule has 1 N–H and O–H groups in total. The van der Waals surface area contributed by atoms with Gasteiger partial charge in [0.25, 0.3) is 5.92 Å². The molecule has 2 atom stereocenters. The average molecular weight is 133 g/mol. The first-order valence-corrected chi connectivity index (χ1v) is 3.34. The monoisotopic (exact) mass is 133 g/mol. The van der Waals surface area contributed by atoms with E-state index in [0.717, 1.165) is 13.0 Å². The summed E-state index contributed by atoms with van der Waals surface area (Å²) in [6.07, 6.45) is 1.63. The number of halogens is 2. The summed E-state index contributed by atoms with van der Waals surface area (Å²) < 4.78 is 24.9. The summed E-state index contributed by atoms with van der Waals surface area (Å²) in [5.74, 6) is -2.69. The van der Waals surface area contributed by atoms with Crippen molar-refractivity contribution in [2.45, 2.75) is 24.8 Å². The Hall–Kier alpha value is -0.180. The van der Waals surface area contributed by atoms with Gasteiger partial charge in [-0.15, -0.1) is 0 Å². The second-order valence-electron chi connectivity index (χ2n) is 2.86. The Balaban J connectivity index is 2.06. The van der Waals surface area contributed by atoms with Gasteiger partial charge in [-0.1, -0.05) is 0 Å². The zero-order valence-electron chi connectivity index (χ0n) is 5.03. The number of fused-ring (bicyclic) bond motifs is 1. The third-order valence-electron chi connectivity index (χ3n) is 2.26. The molecule has 0 spiro atoms. The lowest BCUT2D eigenvalue weighted by molar-refractivity contribution is 0.0920. The Morgan fingerprint density at radius 3 is 2.67 bits per heavy atom. The Morgan fingerprint density at radius 1 is 1.44 bits per heavy atom. The van der Waals surface area contributed by atoms with Gasteiger partial charge in [-0.25, -0.2) is 8.78 Å². The molecule has 2 aliphatic rings. The highest BCUT2D eigenvalue weighted by molar-refractivity contribution is 5.12. The molecule has 1 nitrogen and oxygen atoms in total. The van der Waals surface area contributed by atoms with Crippen LogP contribution in [0.4, 0.5) is 8.78 Å². The Kier molecular flexibility index (Phi) is 0.903. The number of hydrogen-bond donors (Lipinski definition) is 1. The quantitative estimate of drug-likeness (QED) is 0.520. The SMILES string of the molecule is FC1(F)[C@@H]2NCCC[C@@H]21. The van der Waals surface area contributed by atoms with Crippen molar-refractivity contribution in [3.63, 3.8) is 0 Å². The van der Waals surface area contributed by atoms with E-state index in [1.807, 2.05) is 0 Å². The molecule has 1 aliphatic carbocycles. The molecule has 0 bridgehead atoms. The molecule has 0 aromatic heterocycles. The minimum atomic E-state index is -2.36. The number of hydrogen-bond acceptors (Lipinski definition) is 1. The van der Waals surface area contributed by atoms with E-state index in [1.165, 1.54) is 0 Å². The lowest BCUT2D eigenvalue weighted by atomic mass is 10.2. The van der Waals surface area contributed by atoms with Gasteiger partial charge in [0.05, 0.1) is 6.04 Å². The van der Waals surface area contributed by atoms with Crippen LogP contribution in [0.2, 0.25) is 0 Å². The zero-order valence-corrected chi connectivity index (χ0v) is 5.03. The first-order chi connectivity index (χ1) is 4.23. The summed E-state index contributed by atoms with van der Waals surface area (Å²) in [5, 5.41) is 2.80. The van der Waals surface area contributed by atoms with Gasteiger partial charge in [-0.2, -0.15) is 0 Å². The van der Waals surface area contributed by atoms with Gasteiger partial charge in [0.1, 0.15) is 0 Å². The van der Waals surface area contributed by atoms with Gasteiger partial charge in [-0.05, 0) is 19.4 Å². The van der Waals surface area contributed by atoms with Crippen molar-refractivity contribution >= 4 is 0 Å². The lowest BCUT2D eigenvalue weighted by Gasteiger charge is -2.05. The van der Waals surface area contributed by atoms with Gasteiger partial charge in [-0.3, -0.25) is 0 Å². The highest BCUT2D eigenvalue weighted by Gasteiger charge is 2.68. The molecule has 1 aliphatic heterocycles. The van der Waals surface area contributed by atoms with Crippen LogP contribution in [-0.4, -0.2) is 18.5 Å². The van der Waals surface area contributed by atoms with Gasteiger partial charge >= 0.3 is 0 Å². The van der Waals surface area contributed by atoms with E-state index < -0.39 is 12.0 Å². The van der Waals surface area contributed by atoms with Crippen molar-refractivity contribution in [2.75, 3.05) is 6.54 Å². The third kappa shape index (κ3) is 0.611. The molecule has 1 heterocycles. The summed E-state index contributed by atoms with van der Waals surface area (Å²) in [7, 11) is 0. The van der Waals surface area contributed by atoms with E-state index >= 15 is 0 Å². The first-order valence-electron chi connectivity index (χ1n) is 3.34. The summed E-state index contributed by atoms with van der Waals surface area (Å²) in [6.45, 7) is 0.775. The van der Waals surface area contributed by atoms with Crippen LogP contribution in [0.3, 0.4) is 0 Å². The number of piperidine rings is 1. The lowest BCUT2D eigenvalue weighted by Crippen LogP contribution is -2.25. The third-order valence-corrected chi connectivity index (χ3v) is 2.26. The first kappa shape index (κ1) is 5.59. The minimum absolute atomic E-state index is 0.328. The molecule has 0 amide bonds. The molecule has 0 unspecified atom stereocenters. The Labute approximate surface area is 52.4 Å². The number of nitrogens with one attached hydrogen (secondary N) is 1. The van der Waals surface area contributed by atoms with Crippen molar-refractivity contribution in [2.24, 2.45) is 5.92 Å². The van der Waals surface area contributed by atoms with Crippen LogP contribution in [0, 0.1) is 5.92 Å². The highest BCUT2D eigenvalue weighted by atomic mass is 19.3. The van der Waals surface area contributed by atoms with Gasteiger partial charge in [0.15, 0.2) is 0 Å². The summed E-state index contributed by atoms with van der Waals surface area (Å²) in [6, 6.07) is -0.466. The van der Waals surface area contributed by atoms with Crippen LogP contribution in [0.15, 0.2) is 0 Å². The standard InChI is InChI=1S/C6H9F2N/c7-6(8)4-2-1-3-9-5(4)6/h4-5,9H,1-3H2/t4-,5+/m0/s1. The molecule has 0 aromatic rings. The topological polar surface area (TPSA) is 12.0 Å². The van der Waals surface area contributed by atoms with Gasteiger partial charge < -0.3 is 5.32 Å². The molecule has 1 saturated carbocycles. The molecule has 2 rings (SSSR count). The van der Waals surface area contributed by atoms with Crippen molar-refractivity contribution in [1.82, 2.24) is 5.32 Å². The molecular weight excluding hydrogens is 124 g/mol. The normalized spacial score (nSPS) is 46.0. The van der Waals surface area contributed by atoms with E-state index in [9.17, 15) is 8.78 Å². The van der Waals surface area contributed by atoms with Crippen LogP contribution in [0.5, 0.6) is 0 Å². The predicted octanol–water partition coefficient (Wildman–Crippen LogP) is 1.00. The molecule has 9 heavy (non-hydrogen) atoms. The van der Waals surface area contributed by atoms with Crippen molar-refractivity contribution < 1.29 is 8.78 Å². The van der Waals surface area contributed by atoms with Crippen molar-refractivity contribution in [3.05, 3.63) is 0 Å². The van der Waals surface area contributed by atoms with E-state index in [0.29, 0.717) is 6.42 Å². The average Bonchev–Trinajstić information content (AvgIpc) is 2.39. The largest absolute Gasteiger partial charge is 0.308 e. The fraction of sp³-hybridized carbons (Fsp3) is 1.00. The molecule has 1 saturated heterocycles. The zero-order chi connectivity index (χ0) is 6.48.